The molecule has 6 nitrogen and oxygen atoms in total. The first-order chi connectivity index (χ1) is 13.8. The number of likely N-dealkylation sites (tertiary alicyclic amines) is 1. The Balaban J connectivity index is 1.39. The van der Waals surface area contributed by atoms with Crippen molar-refractivity contribution in [2.45, 2.75) is 30.3 Å². The van der Waals surface area contributed by atoms with Gasteiger partial charge in [0.15, 0.2) is 15.7 Å². The van der Waals surface area contributed by atoms with Gasteiger partial charge in [0, 0.05) is 38.1 Å². The van der Waals surface area contributed by atoms with Gasteiger partial charge in [-0.3, -0.25) is 14.7 Å². The quantitative estimate of drug-likeness (QED) is 0.807. The molecule has 1 saturated heterocycles. The standard InChI is InChI=1S/C21H24FN3O3S/c1-29(27,28)17-6-2-14(3-7-17)11-25-12-15-4-5-16(13-25)20(15)24-21(26)18-8-9-23-10-19(18)22/h2-3,6-10,15-16,20H,4-5,11-13H2,1H3,(H,24,26)/t15-,16+,20?. The van der Waals surface area contributed by atoms with E-state index in [0.717, 1.165) is 44.2 Å². The van der Waals surface area contributed by atoms with Gasteiger partial charge < -0.3 is 5.32 Å². The molecule has 1 unspecified atom stereocenters. The number of aromatic nitrogens is 1. The fourth-order valence-corrected chi connectivity index (χ4v) is 5.20. The van der Waals surface area contributed by atoms with E-state index in [1.165, 1.54) is 18.5 Å². The lowest BCUT2D eigenvalue weighted by Crippen LogP contribution is -2.52. The summed E-state index contributed by atoms with van der Waals surface area (Å²) in [5.41, 5.74) is 1.10. The van der Waals surface area contributed by atoms with Crippen molar-refractivity contribution in [2.75, 3.05) is 19.3 Å². The number of halogens is 1. The Labute approximate surface area is 170 Å². The van der Waals surface area contributed by atoms with Crippen LogP contribution in [0.15, 0.2) is 47.6 Å². The molecule has 1 amide bonds. The van der Waals surface area contributed by atoms with Gasteiger partial charge in [-0.15, -0.1) is 0 Å². The fraction of sp³-hybridized carbons (Fsp3) is 0.429. The Hall–Kier alpha value is -2.32. The lowest BCUT2D eigenvalue weighted by Gasteiger charge is -2.38. The molecule has 4 rings (SSSR count). The van der Waals surface area contributed by atoms with Crippen molar-refractivity contribution < 1.29 is 17.6 Å². The number of carbonyl (C=O) groups excluding carboxylic acids is 1. The summed E-state index contributed by atoms with van der Waals surface area (Å²) in [4.78, 5) is 18.9. The van der Waals surface area contributed by atoms with E-state index in [1.807, 2.05) is 12.1 Å². The molecule has 0 radical (unpaired) electrons. The second-order valence-electron chi connectivity index (χ2n) is 8.06. The highest BCUT2D eigenvalue weighted by molar-refractivity contribution is 7.90. The van der Waals surface area contributed by atoms with Crippen LogP contribution in [0.5, 0.6) is 0 Å². The predicted octanol–water partition coefficient (Wildman–Crippen LogP) is 2.26. The van der Waals surface area contributed by atoms with Gasteiger partial charge in [-0.25, -0.2) is 12.8 Å². The molecular formula is C21H24FN3O3S. The van der Waals surface area contributed by atoms with Gasteiger partial charge in [0.05, 0.1) is 16.7 Å². The third kappa shape index (κ3) is 4.33. The fourth-order valence-electron chi connectivity index (χ4n) is 4.57. The van der Waals surface area contributed by atoms with Gasteiger partial charge in [0.1, 0.15) is 0 Å². The summed E-state index contributed by atoms with van der Waals surface area (Å²) in [5.74, 6) is -0.320. The van der Waals surface area contributed by atoms with Crippen LogP contribution in [0.3, 0.4) is 0 Å². The molecule has 2 bridgehead atoms. The normalized spacial score (nSPS) is 24.4. The molecule has 8 heteroatoms. The largest absolute Gasteiger partial charge is 0.349 e. The monoisotopic (exact) mass is 417 g/mol. The highest BCUT2D eigenvalue weighted by atomic mass is 32.2. The average molecular weight is 418 g/mol. The molecule has 1 aromatic carbocycles. The highest BCUT2D eigenvalue weighted by Crippen LogP contribution is 2.37. The Kier molecular flexibility index (Phi) is 5.40. The van der Waals surface area contributed by atoms with Crippen molar-refractivity contribution >= 4 is 15.7 Å². The van der Waals surface area contributed by atoms with Crippen molar-refractivity contribution in [1.82, 2.24) is 15.2 Å². The van der Waals surface area contributed by atoms with Gasteiger partial charge in [-0.1, -0.05) is 12.1 Å². The lowest BCUT2D eigenvalue weighted by molar-refractivity contribution is 0.0821. The van der Waals surface area contributed by atoms with Gasteiger partial charge >= 0.3 is 0 Å². The topological polar surface area (TPSA) is 79.4 Å². The average Bonchev–Trinajstić information content (AvgIpc) is 2.90. The summed E-state index contributed by atoms with van der Waals surface area (Å²) in [6.45, 7) is 2.46. The zero-order valence-corrected chi connectivity index (χ0v) is 17.0. The number of amides is 1. The molecule has 1 saturated carbocycles. The van der Waals surface area contributed by atoms with Crippen LogP contribution in [0, 0.1) is 17.7 Å². The molecule has 154 valence electrons. The summed E-state index contributed by atoms with van der Waals surface area (Å²) < 4.78 is 37.1. The summed E-state index contributed by atoms with van der Waals surface area (Å²) >= 11 is 0. The third-order valence-electron chi connectivity index (χ3n) is 5.98. The van der Waals surface area contributed by atoms with Crippen molar-refractivity contribution in [1.29, 1.82) is 0 Å². The number of piperidine rings is 1. The maximum atomic E-state index is 13.8. The maximum Gasteiger partial charge on any atom is 0.254 e. The lowest BCUT2D eigenvalue weighted by atomic mass is 9.91. The van der Waals surface area contributed by atoms with Crippen LogP contribution < -0.4 is 5.32 Å². The minimum atomic E-state index is -3.19. The molecule has 2 aliphatic rings. The van der Waals surface area contributed by atoms with Crippen molar-refractivity contribution in [2.24, 2.45) is 11.8 Å². The molecule has 2 aromatic rings. The van der Waals surface area contributed by atoms with E-state index in [-0.39, 0.29) is 17.5 Å². The van der Waals surface area contributed by atoms with Crippen LogP contribution in [-0.2, 0) is 16.4 Å². The molecule has 0 spiro atoms. The minimum Gasteiger partial charge on any atom is -0.349 e. The van der Waals surface area contributed by atoms with Gasteiger partial charge in [0.25, 0.3) is 5.91 Å². The summed E-state index contributed by atoms with van der Waals surface area (Å²) in [6.07, 6.45) is 5.76. The summed E-state index contributed by atoms with van der Waals surface area (Å²) in [7, 11) is -3.19. The number of benzene rings is 1. The molecule has 2 heterocycles. The zero-order valence-electron chi connectivity index (χ0n) is 16.2. The van der Waals surface area contributed by atoms with E-state index in [4.69, 9.17) is 0 Å². The molecule has 3 atom stereocenters. The van der Waals surface area contributed by atoms with Crippen molar-refractivity contribution in [3.8, 4) is 0 Å². The molecule has 1 aliphatic heterocycles. The molecule has 2 fully saturated rings. The summed E-state index contributed by atoms with van der Waals surface area (Å²) in [5, 5.41) is 3.05. The number of fused-ring (bicyclic) bond motifs is 2. The number of sulfone groups is 1. The SMILES string of the molecule is CS(=O)(=O)c1ccc(CN2C[C@H]3CC[C@@H](C2)C3NC(=O)c2ccncc2F)cc1. The molecule has 29 heavy (non-hydrogen) atoms. The minimum absolute atomic E-state index is 0.0350. The number of pyridine rings is 1. The smallest absolute Gasteiger partial charge is 0.254 e. The van der Waals surface area contributed by atoms with Gasteiger partial charge in [-0.2, -0.15) is 0 Å². The first kappa shape index (κ1) is 20.0. The van der Waals surface area contributed by atoms with Crippen LogP contribution >= 0.6 is 0 Å². The van der Waals surface area contributed by atoms with Crippen LogP contribution in [0.2, 0.25) is 0 Å². The number of rotatable bonds is 5. The van der Waals surface area contributed by atoms with E-state index in [1.54, 1.807) is 12.1 Å². The zero-order chi connectivity index (χ0) is 20.6. The Morgan fingerprint density at radius 1 is 1.17 bits per heavy atom. The van der Waals surface area contributed by atoms with Gasteiger partial charge in [-0.05, 0) is 48.4 Å². The molecule has 1 aliphatic carbocycles. The number of hydrogen-bond acceptors (Lipinski definition) is 5. The third-order valence-corrected chi connectivity index (χ3v) is 7.11. The van der Waals surface area contributed by atoms with Crippen LogP contribution in [0.25, 0.3) is 0 Å². The van der Waals surface area contributed by atoms with E-state index in [9.17, 15) is 17.6 Å². The van der Waals surface area contributed by atoms with E-state index < -0.39 is 15.7 Å². The van der Waals surface area contributed by atoms with Crippen molar-refractivity contribution in [3.63, 3.8) is 0 Å². The summed E-state index contributed by atoms with van der Waals surface area (Å²) in [6, 6.07) is 8.47. The number of nitrogens with zero attached hydrogens (tertiary/aromatic N) is 2. The van der Waals surface area contributed by atoms with E-state index in [0.29, 0.717) is 16.7 Å². The van der Waals surface area contributed by atoms with E-state index >= 15 is 0 Å². The number of hydrogen-bond donors (Lipinski definition) is 1. The molecule has 1 aromatic heterocycles. The second-order valence-corrected chi connectivity index (χ2v) is 10.1. The predicted molar refractivity (Wildman–Crippen MR) is 106 cm³/mol. The van der Waals surface area contributed by atoms with Crippen LogP contribution in [0.1, 0.15) is 28.8 Å². The number of carbonyl (C=O) groups is 1. The highest BCUT2D eigenvalue weighted by Gasteiger charge is 2.42. The Morgan fingerprint density at radius 3 is 2.41 bits per heavy atom. The Morgan fingerprint density at radius 2 is 1.83 bits per heavy atom. The molecular weight excluding hydrogens is 393 g/mol. The van der Waals surface area contributed by atoms with Crippen molar-refractivity contribution in [3.05, 3.63) is 59.7 Å². The van der Waals surface area contributed by atoms with E-state index in [2.05, 4.69) is 15.2 Å². The maximum absolute atomic E-state index is 13.8. The first-order valence-corrected chi connectivity index (χ1v) is 11.6. The Bertz CT molecular complexity index is 996. The molecule has 1 N–H and O–H groups in total. The van der Waals surface area contributed by atoms with Crippen LogP contribution in [-0.4, -0.2) is 49.6 Å². The van der Waals surface area contributed by atoms with Crippen LogP contribution in [0.4, 0.5) is 4.39 Å². The van der Waals surface area contributed by atoms with Gasteiger partial charge in [0.2, 0.25) is 0 Å². The first-order valence-electron chi connectivity index (χ1n) is 9.73. The number of nitrogens with one attached hydrogen (secondary N) is 1. The second kappa shape index (κ2) is 7.84.